The number of hydrogen-bond donors (Lipinski definition) is 2. The van der Waals surface area contributed by atoms with Gasteiger partial charge in [0.2, 0.25) is 15.9 Å². The van der Waals surface area contributed by atoms with Gasteiger partial charge in [-0.3, -0.25) is 9.36 Å². The Morgan fingerprint density at radius 1 is 1.09 bits per heavy atom. The molecule has 170 valence electrons. The summed E-state index contributed by atoms with van der Waals surface area (Å²) in [5.74, 6) is 0.426. The highest BCUT2D eigenvalue weighted by Crippen LogP contribution is 2.30. The number of aromatic nitrogens is 3. The third-order valence-corrected chi connectivity index (χ3v) is 7.18. The van der Waals surface area contributed by atoms with Crippen molar-refractivity contribution in [1.82, 2.24) is 14.8 Å². The number of amides is 1. The fraction of sp³-hybridized carbons (Fsp3) is 0.136. The molecule has 1 amide bonds. The van der Waals surface area contributed by atoms with E-state index in [0.29, 0.717) is 11.0 Å². The number of aryl methyl sites for hydroxylation is 2. The number of nitrogens with two attached hydrogens (primary N) is 1. The summed E-state index contributed by atoms with van der Waals surface area (Å²) in [7, 11) is -3.88. The predicted molar refractivity (Wildman–Crippen MR) is 131 cm³/mol. The molecule has 11 heteroatoms. The number of thioether (sulfide) groups is 1. The molecule has 8 nitrogen and oxygen atoms in total. The van der Waals surface area contributed by atoms with Gasteiger partial charge in [0.15, 0.2) is 5.16 Å². The van der Waals surface area contributed by atoms with Crippen LogP contribution in [0.5, 0.6) is 0 Å². The number of fused-ring (bicyclic) bond motifs is 1. The van der Waals surface area contributed by atoms with Crippen LogP contribution in [0.4, 0.5) is 5.69 Å². The second-order valence-electron chi connectivity index (χ2n) is 7.34. The third kappa shape index (κ3) is 4.88. The van der Waals surface area contributed by atoms with Crippen LogP contribution in [0.3, 0.4) is 0 Å². The van der Waals surface area contributed by atoms with Gasteiger partial charge in [-0.15, -0.1) is 10.2 Å². The summed E-state index contributed by atoms with van der Waals surface area (Å²) in [6, 6.07) is 16.0. The number of carbonyl (C=O) groups is 1. The molecule has 4 rings (SSSR count). The van der Waals surface area contributed by atoms with E-state index in [1.54, 1.807) is 0 Å². The summed E-state index contributed by atoms with van der Waals surface area (Å²) in [4.78, 5) is 12.4. The lowest BCUT2D eigenvalue weighted by molar-refractivity contribution is -0.113. The molecule has 0 bridgehead atoms. The van der Waals surface area contributed by atoms with Crippen LogP contribution in [-0.2, 0) is 14.8 Å². The van der Waals surface area contributed by atoms with Crippen LogP contribution in [-0.4, -0.2) is 34.8 Å². The van der Waals surface area contributed by atoms with Crippen molar-refractivity contribution in [3.8, 4) is 5.69 Å². The SMILES string of the molecule is Cc1ccc(-n2c(C)nnc2SCC(=O)Nc2ccc(S(N)(=O)=O)cc2Cl)c2ccccc12. The van der Waals surface area contributed by atoms with E-state index in [0.717, 1.165) is 16.5 Å². The zero-order valence-electron chi connectivity index (χ0n) is 17.7. The standard InChI is InChI=1S/C22H20ClN5O3S2/c1-13-7-10-20(17-6-4-3-5-16(13)17)28-14(2)26-27-22(28)32-12-21(29)25-19-9-8-15(11-18(19)23)33(24,30)31/h3-11H,12H2,1-2H3,(H,25,29)(H2,24,30,31). The molecule has 0 fully saturated rings. The lowest BCUT2D eigenvalue weighted by Crippen LogP contribution is -2.16. The van der Waals surface area contributed by atoms with Crippen molar-refractivity contribution in [2.24, 2.45) is 5.14 Å². The van der Waals surface area contributed by atoms with Crippen molar-refractivity contribution >= 4 is 55.8 Å². The minimum Gasteiger partial charge on any atom is -0.324 e. The number of benzene rings is 3. The van der Waals surface area contributed by atoms with Gasteiger partial charge in [0, 0.05) is 5.39 Å². The van der Waals surface area contributed by atoms with Crippen LogP contribution in [0.15, 0.2) is 64.6 Å². The van der Waals surface area contributed by atoms with Crippen molar-refractivity contribution in [3.05, 3.63) is 71.0 Å². The number of sulfonamides is 1. The quantitative estimate of drug-likeness (QED) is 0.384. The molecular formula is C22H20ClN5O3S2. The molecule has 0 spiro atoms. The number of primary sulfonamides is 1. The number of nitrogens with zero attached hydrogens (tertiary/aromatic N) is 3. The number of nitrogens with one attached hydrogen (secondary N) is 1. The van der Waals surface area contributed by atoms with Gasteiger partial charge in [0.05, 0.1) is 27.0 Å². The molecular weight excluding hydrogens is 482 g/mol. The number of halogens is 1. The molecule has 0 aliphatic heterocycles. The van der Waals surface area contributed by atoms with E-state index in [4.69, 9.17) is 16.7 Å². The van der Waals surface area contributed by atoms with E-state index in [1.165, 1.54) is 35.5 Å². The molecule has 33 heavy (non-hydrogen) atoms. The van der Waals surface area contributed by atoms with E-state index < -0.39 is 10.0 Å². The first kappa shape index (κ1) is 23.2. The van der Waals surface area contributed by atoms with Gasteiger partial charge in [-0.05, 0) is 49.1 Å². The van der Waals surface area contributed by atoms with Crippen LogP contribution in [0.2, 0.25) is 5.02 Å². The van der Waals surface area contributed by atoms with Gasteiger partial charge in [0.25, 0.3) is 0 Å². The summed E-state index contributed by atoms with van der Waals surface area (Å²) in [5.41, 5.74) is 2.39. The zero-order chi connectivity index (χ0) is 23.8. The van der Waals surface area contributed by atoms with E-state index in [1.807, 2.05) is 41.8 Å². The van der Waals surface area contributed by atoms with Gasteiger partial charge in [-0.25, -0.2) is 13.6 Å². The molecule has 0 saturated heterocycles. The average Bonchev–Trinajstić information content (AvgIpc) is 3.14. The molecule has 0 radical (unpaired) electrons. The molecule has 1 aromatic heterocycles. The fourth-order valence-electron chi connectivity index (χ4n) is 3.43. The Balaban J connectivity index is 1.55. The Bertz CT molecular complexity index is 1480. The van der Waals surface area contributed by atoms with Gasteiger partial charge >= 0.3 is 0 Å². The first-order chi connectivity index (χ1) is 15.6. The van der Waals surface area contributed by atoms with Crippen LogP contribution in [0.1, 0.15) is 11.4 Å². The molecule has 1 heterocycles. The Kier molecular flexibility index (Phi) is 6.44. The zero-order valence-corrected chi connectivity index (χ0v) is 20.1. The normalized spacial score (nSPS) is 11.6. The lowest BCUT2D eigenvalue weighted by atomic mass is 10.0. The number of rotatable bonds is 6. The van der Waals surface area contributed by atoms with Crippen molar-refractivity contribution < 1.29 is 13.2 Å². The Labute approximate surface area is 200 Å². The minimum absolute atomic E-state index is 0.0508. The second-order valence-corrected chi connectivity index (χ2v) is 10.2. The molecule has 3 aromatic carbocycles. The van der Waals surface area contributed by atoms with Crippen molar-refractivity contribution in [1.29, 1.82) is 0 Å². The topological polar surface area (TPSA) is 120 Å². The summed E-state index contributed by atoms with van der Waals surface area (Å²) in [6.07, 6.45) is 0. The Morgan fingerprint density at radius 2 is 1.82 bits per heavy atom. The monoisotopic (exact) mass is 501 g/mol. The van der Waals surface area contributed by atoms with Gasteiger partial charge in [-0.2, -0.15) is 0 Å². The number of carbonyl (C=O) groups excluding carboxylic acids is 1. The first-order valence-corrected chi connectivity index (χ1v) is 12.7. The smallest absolute Gasteiger partial charge is 0.238 e. The highest BCUT2D eigenvalue weighted by atomic mass is 35.5. The highest BCUT2D eigenvalue weighted by Gasteiger charge is 2.17. The van der Waals surface area contributed by atoms with Crippen LogP contribution in [0.25, 0.3) is 16.5 Å². The maximum absolute atomic E-state index is 12.5. The average molecular weight is 502 g/mol. The number of hydrogen-bond acceptors (Lipinski definition) is 6. The molecule has 0 aliphatic carbocycles. The third-order valence-electron chi connectivity index (χ3n) is 5.03. The van der Waals surface area contributed by atoms with Gasteiger partial charge in [0.1, 0.15) is 5.82 Å². The second kappa shape index (κ2) is 9.14. The molecule has 0 saturated carbocycles. The van der Waals surface area contributed by atoms with Crippen molar-refractivity contribution in [2.45, 2.75) is 23.9 Å². The lowest BCUT2D eigenvalue weighted by Gasteiger charge is -2.13. The van der Waals surface area contributed by atoms with Crippen LogP contribution < -0.4 is 10.5 Å². The predicted octanol–water partition coefficient (Wildman–Crippen LogP) is 4.07. The molecule has 4 aromatic rings. The van der Waals surface area contributed by atoms with E-state index in [9.17, 15) is 13.2 Å². The van der Waals surface area contributed by atoms with E-state index in [2.05, 4.69) is 28.5 Å². The molecule has 0 aliphatic rings. The minimum atomic E-state index is -3.88. The maximum Gasteiger partial charge on any atom is 0.238 e. The summed E-state index contributed by atoms with van der Waals surface area (Å²) in [5, 5.41) is 19.1. The fourth-order valence-corrected chi connectivity index (χ4v) is 5.06. The molecule has 3 N–H and O–H groups in total. The Morgan fingerprint density at radius 3 is 2.52 bits per heavy atom. The molecule has 0 unspecified atom stereocenters. The maximum atomic E-state index is 12.5. The van der Waals surface area contributed by atoms with Crippen LogP contribution in [0, 0.1) is 13.8 Å². The largest absolute Gasteiger partial charge is 0.324 e. The Hall–Kier alpha value is -2.92. The number of anilines is 1. The summed E-state index contributed by atoms with van der Waals surface area (Å²) < 4.78 is 24.8. The van der Waals surface area contributed by atoms with Crippen molar-refractivity contribution in [3.63, 3.8) is 0 Å². The van der Waals surface area contributed by atoms with Gasteiger partial charge < -0.3 is 5.32 Å². The molecule has 0 atom stereocenters. The first-order valence-electron chi connectivity index (χ1n) is 9.81. The van der Waals surface area contributed by atoms with Crippen LogP contribution >= 0.6 is 23.4 Å². The van der Waals surface area contributed by atoms with Gasteiger partial charge in [-0.1, -0.05) is 53.7 Å². The highest BCUT2D eigenvalue weighted by molar-refractivity contribution is 7.99. The van der Waals surface area contributed by atoms with E-state index in [-0.39, 0.29) is 27.3 Å². The summed E-state index contributed by atoms with van der Waals surface area (Å²) >= 11 is 7.34. The van der Waals surface area contributed by atoms with E-state index >= 15 is 0 Å². The summed E-state index contributed by atoms with van der Waals surface area (Å²) in [6.45, 7) is 3.92. The van der Waals surface area contributed by atoms with Crippen molar-refractivity contribution in [2.75, 3.05) is 11.1 Å².